The summed E-state index contributed by atoms with van der Waals surface area (Å²) < 4.78 is 0. The van der Waals surface area contributed by atoms with Gasteiger partial charge in [0.2, 0.25) is 0 Å². The first-order chi connectivity index (χ1) is 5.81. The van der Waals surface area contributed by atoms with Gasteiger partial charge in [-0.15, -0.1) is 0 Å². The van der Waals surface area contributed by atoms with E-state index in [9.17, 15) is 0 Å². The van der Waals surface area contributed by atoms with Crippen molar-refractivity contribution in [2.75, 3.05) is 0 Å². The molecule has 3 atom stereocenters. The smallest absolute Gasteiger partial charge is 0.0380 e. The van der Waals surface area contributed by atoms with Crippen molar-refractivity contribution in [3.63, 3.8) is 0 Å². The van der Waals surface area contributed by atoms with Crippen molar-refractivity contribution >= 4 is 0 Å². The van der Waals surface area contributed by atoms with Gasteiger partial charge in [0, 0.05) is 0 Å². The van der Waals surface area contributed by atoms with E-state index in [1.54, 1.807) is 0 Å². The molecule has 3 unspecified atom stereocenters. The minimum Gasteiger partial charge on any atom is -0.0654 e. The fourth-order valence-electron chi connectivity index (χ4n) is 2.42. The molecule has 0 bridgehead atoms. The van der Waals surface area contributed by atoms with Gasteiger partial charge in [-0.05, 0) is 30.6 Å². The van der Waals surface area contributed by atoms with Crippen molar-refractivity contribution < 1.29 is 0 Å². The van der Waals surface area contributed by atoms with Gasteiger partial charge in [-0.25, -0.2) is 0 Å². The Kier molecular flexibility index (Phi) is 4.11. The molecule has 0 aromatic carbocycles. The summed E-state index contributed by atoms with van der Waals surface area (Å²) in [7, 11) is 0. The molecule has 72 valence electrons. The van der Waals surface area contributed by atoms with E-state index in [0.717, 1.165) is 17.8 Å². The molecule has 0 heteroatoms. The van der Waals surface area contributed by atoms with Gasteiger partial charge in [0.25, 0.3) is 0 Å². The van der Waals surface area contributed by atoms with Crippen molar-refractivity contribution in [1.82, 2.24) is 0 Å². The number of hydrogen-bond donors (Lipinski definition) is 0. The Morgan fingerprint density at radius 1 is 1.17 bits per heavy atom. The van der Waals surface area contributed by atoms with Crippen LogP contribution in [0.15, 0.2) is 0 Å². The highest BCUT2D eigenvalue weighted by molar-refractivity contribution is 4.86. The van der Waals surface area contributed by atoms with Crippen LogP contribution in [0.1, 0.15) is 59.3 Å². The van der Waals surface area contributed by atoms with E-state index in [1.165, 1.54) is 38.5 Å². The van der Waals surface area contributed by atoms with Gasteiger partial charge in [0.05, 0.1) is 0 Å². The maximum Gasteiger partial charge on any atom is -0.0380 e. The highest BCUT2D eigenvalue weighted by Crippen LogP contribution is 2.46. The molecule has 0 nitrogen and oxygen atoms in total. The van der Waals surface area contributed by atoms with Crippen LogP contribution >= 0.6 is 0 Å². The predicted molar refractivity (Wildman–Crippen MR) is 55.2 cm³/mol. The van der Waals surface area contributed by atoms with E-state index in [2.05, 4.69) is 20.8 Å². The molecule has 0 aromatic heterocycles. The quantitative estimate of drug-likeness (QED) is 0.556. The monoisotopic (exact) mass is 168 g/mol. The van der Waals surface area contributed by atoms with Crippen molar-refractivity contribution in [3.05, 3.63) is 0 Å². The zero-order valence-corrected chi connectivity index (χ0v) is 8.97. The first-order valence-electron chi connectivity index (χ1n) is 5.81. The lowest BCUT2D eigenvalue weighted by Gasteiger charge is -2.12. The highest BCUT2D eigenvalue weighted by atomic mass is 14.4. The summed E-state index contributed by atoms with van der Waals surface area (Å²) >= 11 is 0. The van der Waals surface area contributed by atoms with Gasteiger partial charge >= 0.3 is 0 Å². The largest absolute Gasteiger partial charge is 0.0654 e. The maximum absolute atomic E-state index is 2.35. The Hall–Kier alpha value is 0. The van der Waals surface area contributed by atoms with Crippen LogP contribution in [0.3, 0.4) is 0 Å². The Morgan fingerprint density at radius 2 is 1.92 bits per heavy atom. The van der Waals surface area contributed by atoms with Crippen LogP contribution in [0.25, 0.3) is 0 Å². The van der Waals surface area contributed by atoms with Gasteiger partial charge < -0.3 is 0 Å². The van der Waals surface area contributed by atoms with Crippen LogP contribution in [-0.2, 0) is 0 Å². The van der Waals surface area contributed by atoms with E-state index in [4.69, 9.17) is 0 Å². The molecule has 0 aromatic rings. The van der Waals surface area contributed by atoms with E-state index in [1.807, 2.05) is 0 Å². The van der Waals surface area contributed by atoms with Gasteiger partial charge in [-0.2, -0.15) is 0 Å². The van der Waals surface area contributed by atoms with Crippen molar-refractivity contribution in [2.45, 2.75) is 59.3 Å². The predicted octanol–water partition coefficient (Wildman–Crippen LogP) is 4.25. The molecule has 1 saturated carbocycles. The summed E-state index contributed by atoms with van der Waals surface area (Å²) in [5.41, 5.74) is 0. The molecule has 1 rings (SSSR count). The molecule has 0 aliphatic heterocycles. The molecule has 0 spiro atoms. The van der Waals surface area contributed by atoms with Crippen LogP contribution in [0.5, 0.6) is 0 Å². The minimum absolute atomic E-state index is 1.04. The maximum atomic E-state index is 2.35. The van der Waals surface area contributed by atoms with Crippen LogP contribution < -0.4 is 0 Å². The Labute approximate surface area is 77.7 Å². The second-order valence-electron chi connectivity index (χ2n) is 4.46. The summed E-state index contributed by atoms with van der Waals surface area (Å²) in [4.78, 5) is 0. The van der Waals surface area contributed by atoms with Crippen LogP contribution in [0.4, 0.5) is 0 Å². The summed E-state index contributed by atoms with van der Waals surface area (Å²) in [6, 6.07) is 0. The van der Waals surface area contributed by atoms with E-state index < -0.39 is 0 Å². The van der Waals surface area contributed by atoms with Gasteiger partial charge in [0.1, 0.15) is 0 Å². The molecule has 12 heavy (non-hydrogen) atoms. The van der Waals surface area contributed by atoms with E-state index in [-0.39, 0.29) is 0 Å². The minimum atomic E-state index is 1.04. The summed E-state index contributed by atoms with van der Waals surface area (Å²) in [6.45, 7) is 7.00. The second kappa shape index (κ2) is 4.89. The van der Waals surface area contributed by atoms with Crippen LogP contribution in [0, 0.1) is 17.8 Å². The Bertz CT molecular complexity index is 117. The molecule has 0 radical (unpaired) electrons. The Morgan fingerprint density at radius 3 is 2.33 bits per heavy atom. The van der Waals surface area contributed by atoms with Gasteiger partial charge in [0.15, 0.2) is 0 Å². The average Bonchev–Trinajstić information content (AvgIpc) is 2.82. The third-order valence-electron chi connectivity index (χ3n) is 3.50. The topological polar surface area (TPSA) is 0 Å². The lowest BCUT2D eigenvalue weighted by atomic mass is 9.94. The van der Waals surface area contributed by atoms with Crippen LogP contribution in [0.2, 0.25) is 0 Å². The normalized spacial score (nSPS) is 30.2. The highest BCUT2D eigenvalue weighted by Gasteiger charge is 2.35. The molecular weight excluding hydrogens is 144 g/mol. The second-order valence-corrected chi connectivity index (χ2v) is 4.46. The third kappa shape index (κ3) is 2.80. The first kappa shape index (κ1) is 10.1. The molecule has 0 saturated heterocycles. The first-order valence-corrected chi connectivity index (χ1v) is 5.81. The van der Waals surface area contributed by atoms with Gasteiger partial charge in [-0.1, -0.05) is 46.5 Å². The van der Waals surface area contributed by atoms with E-state index in [0.29, 0.717) is 0 Å². The number of hydrogen-bond acceptors (Lipinski definition) is 0. The zero-order chi connectivity index (χ0) is 8.97. The molecular formula is C12H24. The third-order valence-corrected chi connectivity index (χ3v) is 3.50. The SMILES string of the molecule is CCCC(CC)CC1CC1CC. The number of rotatable bonds is 6. The summed E-state index contributed by atoms with van der Waals surface area (Å²) in [6.07, 6.45) is 8.74. The van der Waals surface area contributed by atoms with Gasteiger partial charge in [-0.3, -0.25) is 0 Å². The Balaban J connectivity index is 2.11. The lowest BCUT2D eigenvalue weighted by Crippen LogP contribution is -2.00. The standard InChI is InChI=1S/C12H24/c1-4-7-10(5-2)8-12-9-11(12)6-3/h10-12H,4-9H2,1-3H3. The molecule has 0 N–H and O–H groups in total. The summed E-state index contributed by atoms with van der Waals surface area (Å²) in [5, 5.41) is 0. The van der Waals surface area contributed by atoms with Crippen molar-refractivity contribution in [2.24, 2.45) is 17.8 Å². The molecule has 1 aliphatic carbocycles. The van der Waals surface area contributed by atoms with E-state index >= 15 is 0 Å². The molecule has 0 heterocycles. The van der Waals surface area contributed by atoms with Crippen molar-refractivity contribution in [1.29, 1.82) is 0 Å². The molecule has 1 fully saturated rings. The lowest BCUT2D eigenvalue weighted by molar-refractivity contribution is 0.396. The summed E-state index contributed by atoms with van der Waals surface area (Å²) in [5.74, 6) is 3.26. The molecule has 0 amide bonds. The zero-order valence-electron chi connectivity index (χ0n) is 8.97. The fourth-order valence-corrected chi connectivity index (χ4v) is 2.42. The molecule has 1 aliphatic rings. The van der Waals surface area contributed by atoms with Crippen LogP contribution in [-0.4, -0.2) is 0 Å². The van der Waals surface area contributed by atoms with Crippen molar-refractivity contribution in [3.8, 4) is 0 Å². The fraction of sp³-hybridized carbons (Fsp3) is 1.00. The average molecular weight is 168 g/mol.